The predicted molar refractivity (Wildman–Crippen MR) is 70.5 cm³/mol. The zero-order valence-corrected chi connectivity index (χ0v) is 11.9. The second-order valence-corrected chi connectivity index (χ2v) is 6.14. The van der Waals surface area contributed by atoms with Gasteiger partial charge >= 0.3 is 0 Å². The van der Waals surface area contributed by atoms with Gasteiger partial charge in [0.05, 0.1) is 10.7 Å². The Morgan fingerprint density at radius 2 is 2.28 bits per heavy atom. The minimum absolute atomic E-state index is 0.00832. The lowest BCUT2D eigenvalue weighted by Crippen LogP contribution is -2.17. The van der Waals surface area contributed by atoms with Crippen molar-refractivity contribution in [1.82, 2.24) is 10.3 Å². The van der Waals surface area contributed by atoms with Crippen LogP contribution in [-0.4, -0.2) is 17.5 Å². The first-order chi connectivity index (χ1) is 8.43. The van der Waals surface area contributed by atoms with E-state index >= 15 is 0 Å². The third-order valence-electron chi connectivity index (χ3n) is 3.51. The van der Waals surface area contributed by atoms with Gasteiger partial charge in [-0.25, -0.2) is 13.8 Å². The van der Waals surface area contributed by atoms with Crippen LogP contribution >= 0.6 is 11.3 Å². The van der Waals surface area contributed by atoms with Crippen LogP contribution in [0.3, 0.4) is 0 Å². The van der Waals surface area contributed by atoms with E-state index in [9.17, 15) is 8.78 Å². The van der Waals surface area contributed by atoms with Crippen molar-refractivity contribution >= 4 is 11.3 Å². The van der Waals surface area contributed by atoms with Gasteiger partial charge in [0.1, 0.15) is 0 Å². The van der Waals surface area contributed by atoms with Gasteiger partial charge in [-0.3, -0.25) is 0 Å². The lowest BCUT2D eigenvalue weighted by atomic mass is 10.1. The highest BCUT2D eigenvalue weighted by Gasteiger charge is 2.41. The number of aromatic nitrogens is 1. The Balaban J connectivity index is 2.14. The van der Waals surface area contributed by atoms with Crippen molar-refractivity contribution in [3.63, 3.8) is 0 Å². The summed E-state index contributed by atoms with van der Waals surface area (Å²) in [4.78, 5) is 5.69. The highest BCUT2D eigenvalue weighted by Crippen LogP contribution is 2.45. The zero-order chi connectivity index (χ0) is 13.3. The van der Waals surface area contributed by atoms with Crippen molar-refractivity contribution < 1.29 is 8.78 Å². The fraction of sp³-hybridized carbons (Fsp3) is 0.769. The van der Waals surface area contributed by atoms with E-state index in [4.69, 9.17) is 0 Å². The zero-order valence-electron chi connectivity index (χ0n) is 11.1. The Hall–Kier alpha value is -0.550. The molecule has 2 unspecified atom stereocenters. The fourth-order valence-electron chi connectivity index (χ4n) is 2.57. The number of aryl methyl sites for hydroxylation is 1. The van der Waals surface area contributed by atoms with E-state index in [0.717, 1.165) is 17.2 Å². The molecular weight excluding hydrogens is 254 g/mol. The summed E-state index contributed by atoms with van der Waals surface area (Å²) >= 11 is 1.60. The molecule has 0 aliphatic heterocycles. The van der Waals surface area contributed by atoms with Gasteiger partial charge in [-0.1, -0.05) is 6.92 Å². The molecule has 1 aromatic rings. The maximum absolute atomic E-state index is 13.2. The molecule has 0 spiro atoms. The summed E-state index contributed by atoms with van der Waals surface area (Å²) in [5.41, 5.74) is 0.985. The number of hydrogen-bond acceptors (Lipinski definition) is 3. The molecule has 1 N–H and O–H groups in total. The molecule has 0 bridgehead atoms. The lowest BCUT2D eigenvalue weighted by Gasteiger charge is -2.10. The van der Waals surface area contributed by atoms with Crippen molar-refractivity contribution in [3.8, 4) is 0 Å². The SMILES string of the molecule is CCNC(C)c1sc(C2CCC(F)(F)C2)nc1C. The maximum atomic E-state index is 13.2. The number of thiazole rings is 1. The molecule has 1 aliphatic carbocycles. The molecule has 0 aromatic carbocycles. The molecular formula is C13H20F2N2S. The lowest BCUT2D eigenvalue weighted by molar-refractivity contribution is 0.00776. The van der Waals surface area contributed by atoms with Crippen molar-refractivity contribution in [3.05, 3.63) is 15.6 Å². The summed E-state index contributed by atoms with van der Waals surface area (Å²) in [5, 5.41) is 4.24. The van der Waals surface area contributed by atoms with Gasteiger partial charge in [-0.05, 0) is 26.8 Å². The monoisotopic (exact) mass is 274 g/mol. The summed E-state index contributed by atoms with van der Waals surface area (Å²) < 4.78 is 26.5. The van der Waals surface area contributed by atoms with E-state index in [-0.39, 0.29) is 24.8 Å². The van der Waals surface area contributed by atoms with Crippen LogP contribution in [0.2, 0.25) is 0 Å². The van der Waals surface area contributed by atoms with Gasteiger partial charge in [0.15, 0.2) is 0 Å². The largest absolute Gasteiger partial charge is 0.310 e. The Labute approximate surface area is 111 Å². The molecule has 0 saturated heterocycles. The molecule has 2 rings (SSSR count). The molecule has 1 fully saturated rings. The van der Waals surface area contributed by atoms with Crippen molar-refractivity contribution in [2.24, 2.45) is 0 Å². The highest BCUT2D eigenvalue weighted by molar-refractivity contribution is 7.11. The number of hydrogen-bond donors (Lipinski definition) is 1. The Kier molecular flexibility index (Phi) is 4.02. The smallest absolute Gasteiger partial charge is 0.248 e. The summed E-state index contributed by atoms with van der Waals surface area (Å²) in [6.07, 6.45) is 0.540. The van der Waals surface area contributed by atoms with Crippen molar-refractivity contribution in [2.45, 2.75) is 57.9 Å². The summed E-state index contributed by atoms with van der Waals surface area (Å²) in [5.74, 6) is -2.54. The number of alkyl halides is 2. The van der Waals surface area contributed by atoms with Crippen LogP contribution in [-0.2, 0) is 0 Å². The number of rotatable bonds is 4. The molecule has 18 heavy (non-hydrogen) atoms. The van der Waals surface area contributed by atoms with Crippen LogP contribution in [0.4, 0.5) is 8.78 Å². The van der Waals surface area contributed by atoms with E-state index < -0.39 is 5.92 Å². The number of nitrogens with zero attached hydrogens (tertiary/aromatic N) is 1. The normalized spacial score (nSPS) is 24.4. The van der Waals surface area contributed by atoms with Crippen LogP contribution in [0.25, 0.3) is 0 Å². The van der Waals surface area contributed by atoms with Gasteiger partial charge in [0.25, 0.3) is 0 Å². The molecule has 5 heteroatoms. The molecule has 102 valence electrons. The quantitative estimate of drug-likeness (QED) is 0.896. The van der Waals surface area contributed by atoms with Crippen LogP contribution < -0.4 is 5.32 Å². The van der Waals surface area contributed by atoms with Crippen LogP contribution in [0.15, 0.2) is 0 Å². The highest BCUT2D eigenvalue weighted by atomic mass is 32.1. The third-order valence-corrected chi connectivity index (χ3v) is 5.01. The first kappa shape index (κ1) is 13.9. The Bertz CT molecular complexity index is 417. The second kappa shape index (κ2) is 5.21. The minimum atomic E-state index is -2.49. The van der Waals surface area contributed by atoms with E-state index in [2.05, 4.69) is 24.1 Å². The molecule has 0 radical (unpaired) electrons. The van der Waals surface area contributed by atoms with Gasteiger partial charge < -0.3 is 5.32 Å². The van der Waals surface area contributed by atoms with E-state index in [1.54, 1.807) is 11.3 Å². The predicted octanol–water partition coefficient (Wildman–Crippen LogP) is 4.02. The van der Waals surface area contributed by atoms with Crippen LogP contribution in [0.1, 0.15) is 60.6 Å². The molecule has 1 heterocycles. The van der Waals surface area contributed by atoms with Gasteiger partial charge in [0.2, 0.25) is 5.92 Å². The first-order valence-electron chi connectivity index (χ1n) is 6.51. The molecule has 1 saturated carbocycles. The fourth-order valence-corrected chi connectivity index (χ4v) is 3.79. The summed E-state index contributed by atoms with van der Waals surface area (Å²) in [6, 6.07) is 0.253. The van der Waals surface area contributed by atoms with E-state index in [1.807, 2.05) is 6.92 Å². The van der Waals surface area contributed by atoms with Crippen molar-refractivity contribution in [2.75, 3.05) is 6.54 Å². The second-order valence-electron chi connectivity index (χ2n) is 5.08. The van der Waals surface area contributed by atoms with E-state index in [1.165, 1.54) is 4.88 Å². The standard InChI is InChI=1S/C13H20F2N2S/c1-4-16-8(2)11-9(3)17-12(18-11)10-5-6-13(14,15)7-10/h8,10,16H,4-7H2,1-3H3. The molecule has 1 aromatic heterocycles. The summed E-state index contributed by atoms with van der Waals surface area (Å²) in [7, 11) is 0. The van der Waals surface area contributed by atoms with Crippen LogP contribution in [0.5, 0.6) is 0 Å². The molecule has 1 aliphatic rings. The first-order valence-corrected chi connectivity index (χ1v) is 7.33. The van der Waals surface area contributed by atoms with Gasteiger partial charge in [-0.15, -0.1) is 11.3 Å². The average Bonchev–Trinajstić information content (AvgIpc) is 2.82. The minimum Gasteiger partial charge on any atom is -0.310 e. The maximum Gasteiger partial charge on any atom is 0.248 e. The number of halogens is 2. The Morgan fingerprint density at radius 3 is 2.83 bits per heavy atom. The summed E-state index contributed by atoms with van der Waals surface area (Å²) in [6.45, 7) is 7.02. The van der Waals surface area contributed by atoms with E-state index in [0.29, 0.717) is 6.42 Å². The van der Waals surface area contributed by atoms with Crippen molar-refractivity contribution in [1.29, 1.82) is 0 Å². The molecule has 0 amide bonds. The molecule has 2 atom stereocenters. The van der Waals surface area contributed by atoms with Gasteiger partial charge in [-0.2, -0.15) is 0 Å². The average molecular weight is 274 g/mol. The third kappa shape index (κ3) is 2.88. The molecule has 2 nitrogen and oxygen atoms in total. The van der Waals surface area contributed by atoms with Crippen LogP contribution in [0, 0.1) is 6.92 Å². The topological polar surface area (TPSA) is 24.9 Å². The number of nitrogens with one attached hydrogen (secondary N) is 1. The van der Waals surface area contributed by atoms with Gasteiger partial charge in [0, 0.05) is 29.7 Å². The Morgan fingerprint density at radius 1 is 1.56 bits per heavy atom.